The lowest BCUT2D eigenvalue weighted by molar-refractivity contribution is -0.00833. The minimum absolute atomic E-state index is 0.103. The molecule has 0 unspecified atom stereocenters. The third-order valence-corrected chi connectivity index (χ3v) is 7.33. The molecule has 2 aliphatic heterocycles. The summed E-state index contributed by atoms with van der Waals surface area (Å²) in [5.74, 6) is 0.207. The molecule has 26 heavy (non-hydrogen) atoms. The Morgan fingerprint density at radius 2 is 1.69 bits per heavy atom. The van der Waals surface area contributed by atoms with E-state index < -0.39 is 15.4 Å². The predicted molar refractivity (Wildman–Crippen MR) is 104 cm³/mol. The molecular formula is C21H25NO3S. The second-order valence-electron chi connectivity index (χ2n) is 7.69. The molecule has 2 heterocycles. The molecule has 138 valence electrons. The summed E-state index contributed by atoms with van der Waals surface area (Å²) < 4.78 is 23.3. The van der Waals surface area contributed by atoms with Gasteiger partial charge in [-0.05, 0) is 47.6 Å². The summed E-state index contributed by atoms with van der Waals surface area (Å²) in [5.41, 5.74) is 4.24. The standard InChI is InChI=1S/C21H25NO3S/c23-21(9-12-26(24,25)13-10-21)16-22-11-8-18-6-7-19(14-20(18)15-22)17-4-2-1-3-5-17/h1-7,14,23H,8-13,15-16H2. The van der Waals surface area contributed by atoms with Gasteiger partial charge in [-0.25, -0.2) is 8.42 Å². The molecule has 0 aliphatic carbocycles. The van der Waals surface area contributed by atoms with E-state index in [2.05, 4.69) is 35.2 Å². The summed E-state index contributed by atoms with van der Waals surface area (Å²) in [6.07, 6.45) is 1.67. The second kappa shape index (κ2) is 6.80. The first-order valence-corrected chi connectivity index (χ1v) is 11.1. The molecular weight excluding hydrogens is 346 g/mol. The van der Waals surface area contributed by atoms with E-state index in [1.807, 2.05) is 18.2 Å². The van der Waals surface area contributed by atoms with Gasteiger partial charge < -0.3 is 5.11 Å². The summed E-state index contributed by atoms with van der Waals surface area (Å²) in [5, 5.41) is 10.8. The van der Waals surface area contributed by atoms with Crippen LogP contribution in [0.4, 0.5) is 0 Å². The number of β-amino-alcohol motifs (C(OH)–C–C–N with tert-alkyl or cyclic N) is 1. The van der Waals surface area contributed by atoms with E-state index >= 15 is 0 Å². The first-order chi connectivity index (χ1) is 12.4. The normalized spacial score (nSPS) is 21.9. The number of hydrogen-bond donors (Lipinski definition) is 1. The quantitative estimate of drug-likeness (QED) is 0.901. The first kappa shape index (κ1) is 17.7. The van der Waals surface area contributed by atoms with Crippen molar-refractivity contribution in [2.45, 2.75) is 31.4 Å². The monoisotopic (exact) mass is 371 g/mol. The van der Waals surface area contributed by atoms with E-state index in [-0.39, 0.29) is 11.5 Å². The number of nitrogens with zero attached hydrogens (tertiary/aromatic N) is 1. The molecule has 1 N–H and O–H groups in total. The van der Waals surface area contributed by atoms with Gasteiger partial charge in [0.2, 0.25) is 0 Å². The molecule has 1 fully saturated rings. The van der Waals surface area contributed by atoms with Crippen LogP contribution in [0.1, 0.15) is 24.0 Å². The number of aliphatic hydroxyl groups is 1. The van der Waals surface area contributed by atoms with E-state index in [1.54, 1.807) is 0 Å². The summed E-state index contributed by atoms with van der Waals surface area (Å²) in [4.78, 5) is 2.27. The SMILES string of the molecule is O=S1(=O)CCC(O)(CN2CCc3ccc(-c4ccccc4)cc3C2)CC1. The number of hydrogen-bond acceptors (Lipinski definition) is 4. The minimum atomic E-state index is -2.96. The maximum Gasteiger partial charge on any atom is 0.150 e. The van der Waals surface area contributed by atoms with Crippen molar-refractivity contribution in [2.75, 3.05) is 24.6 Å². The average molecular weight is 372 g/mol. The third kappa shape index (κ3) is 3.85. The number of benzene rings is 2. The van der Waals surface area contributed by atoms with E-state index in [4.69, 9.17) is 0 Å². The van der Waals surface area contributed by atoms with Crippen LogP contribution in [0.2, 0.25) is 0 Å². The van der Waals surface area contributed by atoms with E-state index in [9.17, 15) is 13.5 Å². The molecule has 0 amide bonds. The molecule has 4 nitrogen and oxygen atoms in total. The highest BCUT2D eigenvalue weighted by Crippen LogP contribution is 2.29. The van der Waals surface area contributed by atoms with Crippen molar-refractivity contribution in [3.8, 4) is 11.1 Å². The highest BCUT2D eigenvalue weighted by Gasteiger charge is 2.37. The molecule has 4 rings (SSSR count). The first-order valence-electron chi connectivity index (χ1n) is 9.25. The van der Waals surface area contributed by atoms with Crippen molar-refractivity contribution in [2.24, 2.45) is 0 Å². The second-order valence-corrected chi connectivity index (χ2v) is 9.99. The van der Waals surface area contributed by atoms with Gasteiger partial charge in [0.1, 0.15) is 0 Å². The van der Waals surface area contributed by atoms with Crippen LogP contribution in [0.15, 0.2) is 48.5 Å². The summed E-state index contributed by atoms with van der Waals surface area (Å²) in [6.45, 7) is 2.27. The van der Waals surface area contributed by atoms with Crippen LogP contribution in [0, 0.1) is 0 Å². The lowest BCUT2D eigenvalue weighted by Crippen LogP contribution is -2.49. The van der Waals surface area contributed by atoms with Gasteiger partial charge in [-0.1, -0.05) is 42.5 Å². The Balaban J connectivity index is 1.49. The van der Waals surface area contributed by atoms with Crippen molar-refractivity contribution >= 4 is 9.84 Å². The number of sulfone groups is 1. The van der Waals surface area contributed by atoms with Gasteiger partial charge in [0.15, 0.2) is 9.84 Å². The predicted octanol–water partition coefficient (Wildman–Crippen LogP) is 2.65. The largest absolute Gasteiger partial charge is 0.388 e. The molecule has 2 aromatic rings. The Hall–Kier alpha value is -1.69. The summed E-state index contributed by atoms with van der Waals surface area (Å²) in [7, 11) is -2.96. The van der Waals surface area contributed by atoms with Gasteiger partial charge in [0, 0.05) is 19.6 Å². The Morgan fingerprint density at radius 1 is 0.962 bits per heavy atom. The number of rotatable bonds is 3. The molecule has 2 aromatic carbocycles. The van der Waals surface area contributed by atoms with Crippen molar-refractivity contribution in [3.63, 3.8) is 0 Å². The highest BCUT2D eigenvalue weighted by atomic mass is 32.2. The maximum atomic E-state index is 11.6. The smallest absolute Gasteiger partial charge is 0.150 e. The van der Waals surface area contributed by atoms with Crippen molar-refractivity contribution in [3.05, 3.63) is 59.7 Å². The van der Waals surface area contributed by atoms with Crippen LogP contribution >= 0.6 is 0 Å². The Morgan fingerprint density at radius 3 is 2.42 bits per heavy atom. The Bertz CT molecular complexity index is 879. The maximum absolute atomic E-state index is 11.6. The lowest BCUT2D eigenvalue weighted by atomic mass is 9.92. The van der Waals surface area contributed by atoms with Crippen molar-refractivity contribution in [1.29, 1.82) is 0 Å². The minimum Gasteiger partial charge on any atom is -0.388 e. The average Bonchev–Trinajstić information content (AvgIpc) is 2.65. The lowest BCUT2D eigenvalue weighted by Gasteiger charge is -2.38. The van der Waals surface area contributed by atoms with Gasteiger partial charge in [-0.2, -0.15) is 0 Å². The van der Waals surface area contributed by atoms with E-state index in [1.165, 1.54) is 22.3 Å². The fourth-order valence-electron chi connectivity index (χ4n) is 4.05. The molecule has 2 aliphatic rings. The van der Waals surface area contributed by atoms with Gasteiger partial charge in [0.25, 0.3) is 0 Å². The summed E-state index contributed by atoms with van der Waals surface area (Å²) in [6, 6.07) is 17.0. The fourth-order valence-corrected chi connectivity index (χ4v) is 5.64. The molecule has 0 radical (unpaired) electrons. The zero-order valence-electron chi connectivity index (χ0n) is 14.9. The van der Waals surface area contributed by atoms with Crippen molar-refractivity contribution in [1.82, 2.24) is 4.90 Å². The zero-order chi connectivity index (χ0) is 18.2. The fraction of sp³-hybridized carbons (Fsp3) is 0.429. The van der Waals surface area contributed by atoms with Crippen LogP contribution in [-0.4, -0.2) is 48.6 Å². The van der Waals surface area contributed by atoms with Gasteiger partial charge >= 0.3 is 0 Å². The van der Waals surface area contributed by atoms with Crippen LogP contribution < -0.4 is 0 Å². The van der Waals surface area contributed by atoms with Crippen LogP contribution in [-0.2, 0) is 22.8 Å². The van der Waals surface area contributed by atoms with Crippen LogP contribution in [0.5, 0.6) is 0 Å². The Labute approximate surface area is 155 Å². The van der Waals surface area contributed by atoms with Gasteiger partial charge in [-0.15, -0.1) is 0 Å². The molecule has 0 aromatic heterocycles. The van der Waals surface area contributed by atoms with Crippen molar-refractivity contribution < 1.29 is 13.5 Å². The third-order valence-electron chi connectivity index (χ3n) is 5.68. The van der Waals surface area contributed by atoms with E-state index in [0.29, 0.717) is 19.4 Å². The van der Waals surface area contributed by atoms with Gasteiger partial charge in [-0.3, -0.25) is 4.90 Å². The van der Waals surface area contributed by atoms with Crippen LogP contribution in [0.25, 0.3) is 11.1 Å². The zero-order valence-corrected chi connectivity index (χ0v) is 15.7. The number of fused-ring (bicyclic) bond motifs is 1. The summed E-state index contributed by atoms with van der Waals surface area (Å²) >= 11 is 0. The molecule has 1 saturated heterocycles. The molecule has 5 heteroatoms. The molecule has 0 atom stereocenters. The highest BCUT2D eigenvalue weighted by molar-refractivity contribution is 7.91. The molecule has 0 spiro atoms. The van der Waals surface area contributed by atoms with E-state index in [0.717, 1.165) is 19.5 Å². The van der Waals surface area contributed by atoms with Crippen LogP contribution in [0.3, 0.4) is 0 Å². The topological polar surface area (TPSA) is 57.6 Å². The molecule has 0 bridgehead atoms. The van der Waals surface area contributed by atoms with Gasteiger partial charge in [0.05, 0.1) is 17.1 Å². The Kier molecular flexibility index (Phi) is 4.63. The molecule has 0 saturated carbocycles.